The zero-order valence-electron chi connectivity index (χ0n) is 22.4. The van der Waals surface area contributed by atoms with Crippen LogP contribution in [0, 0.1) is 6.92 Å². The van der Waals surface area contributed by atoms with Crippen molar-refractivity contribution in [3.8, 4) is 0 Å². The molecule has 0 spiro atoms. The number of piperazine rings is 2. The third-order valence-electron chi connectivity index (χ3n) is 7.66. The summed E-state index contributed by atoms with van der Waals surface area (Å²) in [5.41, 5.74) is 4.45. The van der Waals surface area contributed by atoms with Gasteiger partial charge in [0.15, 0.2) is 5.11 Å². The van der Waals surface area contributed by atoms with Crippen LogP contribution in [0.2, 0.25) is 5.02 Å². The summed E-state index contributed by atoms with van der Waals surface area (Å²) < 4.78 is 0. The summed E-state index contributed by atoms with van der Waals surface area (Å²) in [5.74, 6) is 1.08. The van der Waals surface area contributed by atoms with Crippen LogP contribution in [0.4, 0.5) is 17.2 Å². The number of hydrogen-bond donors (Lipinski definition) is 2. The molecule has 0 unspecified atom stereocenters. The third kappa shape index (κ3) is 6.67. The average Bonchev–Trinajstić information content (AvgIpc) is 2.94. The maximum Gasteiger partial charge on any atom is 0.170 e. The van der Waals surface area contributed by atoms with Gasteiger partial charge < -0.3 is 25.3 Å². The summed E-state index contributed by atoms with van der Waals surface area (Å²) >= 11 is 11.8. The highest BCUT2D eigenvalue weighted by atomic mass is 35.5. The van der Waals surface area contributed by atoms with Gasteiger partial charge in [-0.25, -0.2) is 4.98 Å². The van der Waals surface area contributed by atoms with Gasteiger partial charge >= 0.3 is 0 Å². The summed E-state index contributed by atoms with van der Waals surface area (Å²) in [6.07, 6.45) is 0. The Labute approximate surface area is 236 Å². The molecule has 0 atom stereocenters. The predicted octanol–water partition coefficient (Wildman–Crippen LogP) is 4.45. The van der Waals surface area contributed by atoms with Crippen molar-refractivity contribution < 1.29 is 0 Å². The van der Waals surface area contributed by atoms with Crippen LogP contribution in [-0.2, 0) is 0 Å². The second-order valence-corrected chi connectivity index (χ2v) is 11.0. The molecule has 1 aromatic heterocycles. The first-order valence-corrected chi connectivity index (χ1v) is 14.4. The van der Waals surface area contributed by atoms with Crippen molar-refractivity contribution in [3.63, 3.8) is 0 Å². The van der Waals surface area contributed by atoms with Gasteiger partial charge in [-0.2, -0.15) is 0 Å². The molecule has 2 aromatic carbocycles. The van der Waals surface area contributed by atoms with Crippen LogP contribution in [0.15, 0.2) is 48.5 Å². The van der Waals surface area contributed by atoms with E-state index in [9.17, 15) is 0 Å². The van der Waals surface area contributed by atoms with Crippen LogP contribution >= 0.6 is 23.8 Å². The van der Waals surface area contributed by atoms with E-state index in [-0.39, 0.29) is 0 Å². The summed E-state index contributed by atoms with van der Waals surface area (Å²) in [5, 5.41) is 9.33. The number of thiocarbonyl (C=S) groups is 1. The Balaban J connectivity index is 1.09. The van der Waals surface area contributed by atoms with E-state index in [1.807, 2.05) is 18.2 Å². The molecule has 0 aliphatic carbocycles. The number of aryl methyl sites for hydroxylation is 1. The molecular formula is C29H38ClN7S. The summed E-state index contributed by atoms with van der Waals surface area (Å²) in [4.78, 5) is 14.7. The number of fused-ring (bicyclic) bond motifs is 1. The van der Waals surface area contributed by atoms with E-state index in [0.717, 1.165) is 99.4 Å². The minimum atomic E-state index is 0.651. The van der Waals surface area contributed by atoms with Crippen molar-refractivity contribution in [2.24, 2.45) is 0 Å². The Hall–Kier alpha value is -2.65. The molecular weight excluding hydrogens is 514 g/mol. The Morgan fingerprint density at radius 3 is 2.39 bits per heavy atom. The smallest absolute Gasteiger partial charge is 0.170 e. The maximum atomic E-state index is 6.16. The van der Waals surface area contributed by atoms with Gasteiger partial charge in [0.1, 0.15) is 5.82 Å². The zero-order chi connectivity index (χ0) is 26.5. The van der Waals surface area contributed by atoms with E-state index < -0.39 is 0 Å². The van der Waals surface area contributed by atoms with Crippen molar-refractivity contribution in [3.05, 3.63) is 59.1 Å². The highest BCUT2D eigenvalue weighted by Gasteiger charge is 2.19. The molecule has 9 heteroatoms. The van der Waals surface area contributed by atoms with E-state index in [2.05, 4.69) is 74.4 Å². The molecule has 2 N–H and O–H groups in total. The lowest BCUT2D eigenvalue weighted by Gasteiger charge is -2.36. The summed E-state index contributed by atoms with van der Waals surface area (Å²) in [6, 6.07) is 16.6. The van der Waals surface area contributed by atoms with Crippen LogP contribution in [0.5, 0.6) is 0 Å². The lowest BCUT2D eigenvalue weighted by atomic mass is 10.1. The van der Waals surface area contributed by atoms with E-state index in [1.54, 1.807) is 0 Å². The molecule has 0 bridgehead atoms. The number of pyridine rings is 1. The molecule has 3 heterocycles. The zero-order valence-corrected chi connectivity index (χ0v) is 24.0. The minimum absolute atomic E-state index is 0.651. The number of aromatic nitrogens is 1. The highest BCUT2D eigenvalue weighted by Crippen LogP contribution is 2.26. The Bertz CT molecular complexity index is 1250. The van der Waals surface area contributed by atoms with E-state index in [0.29, 0.717) is 5.11 Å². The second kappa shape index (κ2) is 12.5. The number of halogens is 1. The number of rotatable bonds is 7. The maximum absolute atomic E-state index is 6.16. The molecule has 0 radical (unpaired) electrons. The van der Waals surface area contributed by atoms with Crippen molar-refractivity contribution >= 4 is 57.0 Å². The van der Waals surface area contributed by atoms with Gasteiger partial charge in [0.2, 0.25) is 0 Å². The molecule has 2 aliphatic rings. The van der Waals surface area contributed by atoms with Crippen LogP contribution in [0.1, 0.15) is 12.5 Å². The van der Waals surface area contributed by atoms with Crippen molar-refractivity contribution in [2.75, 3.05) is 87.1 Å². The Morgan fingerprint density at radius 1 is 0.921 bits per heavy atom. The van der Waals surface area contributed by atoms with E-state index in [4.69, 9.17) is 28.8 Å². The van der Waals surface area contributed by atoms with Crippen molar-refractivity contribution in [1.82, 2.24) is 20.1 Å². The van der Waals surface area contributed by atoms with Gasteiger partial charge in [0.05, 0.1) is 5.52 Å². The fourth-order valence-corrected chi connectivity index (χ4v) is 5.72. The number of hydrogen-bond acceptors (Lipinski definition) is 6. The van der Waals surface area contributed by atoms with Crippen LogP contribution < -0.4 is 20.4 Å². The first kappa shape index (κ1) is 26.9. The Kier molecular flexibility index (Phi) is 8.84. The average molecular weight is 552 g/mol. The fraction of sp³-hybridized carbons (Fsp3) is 0.448. The minimum Gasteiger partial charge on any atom is -0.369 e. The third-order valence-corrected chi connectivity index (χ3v) is 8.14. The topological polar surface area (TPSA) is 49.9 Å². The van der Waals surface area contributed by atoms with Crippen LogP contribution in [-0.4, -0.2) is 91.9 Å². The molecule has 0 saturated carbocycles. The molecule has 2 fully saturated rings. The largest absolute Gasteiger partial charge is 0.369 e. The number of benzene rings is 2. The van der Waals surface area contributed by atoms with Gasteiger partial charge in [0.25, 0.3) is 0 Å². The molecule has 2 saturated heterocycles. The highest BCUT2D eigenvalue weighted by molar-refractivity contribution is 7.80. The van der Waals surface area contributed by atoms with Gasteiger partial charge in [0, 0.05) is 87.2 Å². The van der Waals surface area contributed by atoms with Crippen molar-refractivity contribution in [1.29, 1.82) is 0 Å². The lowest BCUT2D eigenvalue weighted by Crippen LogP contribution is -2.48. The summed E-state index contributed by atoms with van der Waals surface area (Å²) in [6.45, 7) is 15.6. The second-order valence-electron chi connectivity index (χ2n) is 10.1. The first-order valence-electron chi connectivity index (χ1n) is 13.6. The number of nitrogens with one attached hydrogen (secondary N) is 2. The van der Waals surface area contributed by atoms with Gasteiger partial charge in [-0.05, 0) is 73.7 Å². The van der Waals surface area contributed by atoms with Crippen LogP contribution in [0.3, 0.4) is 0 Å². The normalized spacial score (nSPS) is 17.1. The van der Waals surface area contributed by atoms with Gasteiger partial charge in [-0.3, -0.25) is 4.90 Å². The van der Waals surface area contributed by atoms with E-state index >= 15 is 0 Å². The number of nitrogens with zero attached hydrogens (tertiary/aromatic N) is 5. The quantitative estimate of drug-likeness (QED) is 0.418. The number of anilines is 3. The fourth-order valence-electron chi connectivity index (χ4n) is 5.31. The van der Waals surface area contributed by atoms with E-state index in [1.165, 1.54) is 11.3 Å². The standard InChI is InChI=1S/C29H38ClN7S/c1-3-34-11-17-37(18-12-34)28-19-22(2)26-21-24(7-8-27(26)33-28)32-29(38)31-9-10-35-13-15-36(16-14-35)25-6-4-5-23(30)20-25/h4-8,19-21H,3,9-18H2,1-2H3,(H2,31,32,38). The molecule has 0 amide bonds. The summed E-state index contributed by atoms with van der Waals surface area (Å²) in [7, 11) is 0. The van der Waals surface area contributed by atoms with Gasteiger partial charge in [-0.15, -0.1) is 0 Å². The molecule has 3 aromatic rings. The molecule has 5 rings (SSSR count). The molecule has 2 aliphatic heterocycles. The predicted molar refractivity (Wildman–Crippen MR) is 165 cm³/mol. The van der Waals surface area contributed by atoms with Crippen LogP contribution in [0.25, 0.3) is 10.9 Å². The van der Waals surface area contributed by atoms with Gasteiger partial charge in [-0.1, -0.05) is 24.6 Å². The molecule has 38 heavy (non-hydrogen) atoms. The van der Waals surface area contributed by atoms with Crippen molar-refractivity contribution in [2.45, 2.75) is 13.8 Å². The number of likely N-dealkylation sites (N-methyl/N-ethyl adjacent to an activating group) is 1. The molecule has 7 nitrogen and oxygen atoms in total. The lowest BCUT2D eigenvalue weighted by molar-refractivity contribution is 0.262. The monoisotopic (exact) mass is 551 g/mol. The Morgan fingerprint density at radius 2 is 1.66 bits per heavy atom. The SMILES string of the molecule is CCN1CCN(c2cc(C)c3cc(NC(=S)NCCN4CCN(c5cccc(Cl)c5)CC4)ccc3n2)CC1. The first-order chi connectivity index (χ1) is 18.5. The molecule has 202 valence electrons.